The lowest BCUT2D eigenvalue weighted by molar-refractivity contribution is -0.118. The lowest BCUT2D eigenvalue weighted by Gasteiger charge is -2.29. The van der Waals surface area contributed by atoms with Gasteiger partial charge in [0.1, 0.15) is 11.6 Å². The first kappa shape index (κ1) is 18.7. The van der Waals surface area contributed by atoms with Gasteiger partial charge in [-0.25, -0.2) is 0 Å². The molecule has 1 amide bonds. The van der Waals surface area contributed by atoms with Gasteiger partial charge in [-0.2, -0.15) is 10.5 Å². The molecule has 138 valence electrons. The Morgan fingerprint density at radius 2 is 2.07 bits per heavy atom. The molecule has 3 rings (SSSR count). The van der Waals surface area contributed by atoms with Gasteiger partial charge in [-0.1, -0.05) is 38.0 Å². The summed E-state index contributed by atoms with van der Waals surface area (Å²) >= 11 is 0. The highest BCUT2D eigenvalue weighted by atomic mass is 16.1. The van der Waals surface area contributed by atoms with Crippen molar-refractivity contribution in [1.82, 2.24) is 9.88 Å². The average Bonchev–Trinajstić information content (AvgIpc) is 3.04. The van der Waals surface area contributed by atoms with Crippen LogP contribution in [0.25, 0.3) is 17.0 Å². The zero-order valence-corrected chi connectivity index (χ0v) is 15.6. The van der Waals surface area contributed by atoms with E-state index in [1.165, 1.54) is 6.42 Å². The summed E-state index contributed by atoms with van der Waals surface area (Å²) in [5.74, 6) is 0.139. The standard InChI is InChI=1S/C22H24N4O/c1-16-7-2-4-9-20(16)25-22(27)17(14-24)13-18-15-26(12-6-11-23)21-10-5-3-8-19(18)21/h3,5,8,10,13,15-16,20H,2,4,6-7,9,12H2,1H3,(H,25,27)/b17-13+/t16-,20-/m1/s1. The lowest BCUT2D eigenvalue weighted by Crippen LogP contribution is -2.41. The number of rotatable bonds is 5. The summed E-state index contributed by atoms with van der Waals surface area (Å²) in [6.45, 7) is 2.74. The minimum atomic E-state index is -0.301. The summed E-state index contributed by atoms with van der Waals surface area (Å²) in [7, 11) is 0. The molecular formula is C22H24N4O. The molecule has 1 aliphatic rings. The number of hydrogen-bond acceptors (Lipinski definition) is 3. The summed E-state index contributed by atoms with van der Waals surface area (Å²) in [6, 6.07) is 12.2. The van der Waals surface area contributed by atoms with Crippen molar-refractivity contribution in [2.24, 2.45) is 5.92 Å². The molecule has 2 aromatic rings. The monoisotopic (exact) mass is 360 g/mol. The van der Waals surface area contributed by atoms with E-state index in [4.69, 9.17) is 5.26 Å². The molecule has 0 saturated heterocycles. The fourth-order valence-electron chi connectivity index (χ4n) is 3.83. The zero-order valence-electron chi connectivity index (χ0n) is 15.6. The second-order valence-electron chi connectivity index (χ2n) is 7.21. The number of nitrogens with zero attached hydrogens (tertiary/aromatic N) is 3. The van der Waals surface area contributed by atoms with Crippen molar-refractivity contribution in [2.75, 3.05) is 0 Å². The molecule has 1 aromatic heterocycles. The van der Waals surface area contributed by atoms with Crippen molar-refractivity contribution in [2.45, 2.75) is 51.6 Å². The second-order valence-corrected chi connectivity index (χ2v) is 7.21. The molecule has 1 fully saturated rings. The van der Waals surface area contributed by atoms with E-state index < -0.39 is 0 Å². The zero-order chi connectivity index (χ0) is 19.2. The van der Waals surface area contributed by atoms with Crippen LogP contribution in [0.3, 0.4) is 0 Å². The summed E-state index contributed by atoms with van der Waals surface area (Å²) in [6.07, 6.45) is 8.39. The van der Waals surface area contributed by atoms with Crippen molar-refractivity contribution in [3.8, 4) is 12.1 Å². The molecule has 1 aliphatic carbocycles. The molecule has 1 aromatic carbocycles. The first-order chi connectivity index (χ1) is 13.1. The Bertz CT molecular complexity index is 941. The summed E-state index contributed by atoms with van der Waals surface area (Å²) in [4.78, 5) is 12.7. The van der Waals surface area contributed by atoms with Crippen LogP contribution in [0.5, 0.6) is 0 Å². The van der Waals surface area contributed by atoms with Gasteiger partial charge in [-0.15, -0.1) is 0 Å². The Labute approximate surface area is 159 Å². The predicted octanol–water partition coefficient (Wildman–Crippen LogP) is 4.16. The number of nitrogens with one attached hydrogen (secondary N) is 1. The number of aromatic nitrogens is 1. The van der Waals surface area contributed by atoms with Crippen LogP contribution in [0, 0.1) is 28.6 Å². The van der Waals surface area contributed by atoms with Gasteiger partial charge < -0.3 is 9.88 Å². The fourth-order valence-corrected chi connectivity index (χ4v) is 3.83. The number of para-hydroxylation sites is 1. The molecule has 0 bridgehead atoms. The summed E-state index contributed by atoms with van der Waals surface area (Å²) in [5, 5.41) is 22.4. The molecule has 1 saturated carbocycles. The van der Waals surface area contributed by atoms with E-state index in [9.17, 15) is 10.1 Å². The maximum absolute atomic E-state index is 12.7. The molecule has 0 radical (unpaired) electrons. The van der Waals surface area contributed by atoms with Gasteiger partial charge in [-0.3, -0.25) is 4.79 Å². The summed E-state index contributed by atoms with van der Waals surface area (Å²) < 4.78 is 2.00. The van der Waals surface area contributed by atoms with Gasteiger partial charge in [0.2, 0.25) is 0 Å². The van der Waals surface area contributed by atoms with Crippen molar-refractivity contribution >= 4 is 22.9 Å². The second kappa shape index (κ2) is 8.56. The van der Waals surface area contributed by atoms with Crippen LogP contribution in [-0.4, -0.2) is 16.5 Å². The minimum Gasteiger partial charge on any atom is -0.348 e. The van der Waals surface area contributed by atoms with E-state index in [1.54, 1.807) is 6.08 Å². The number of nitriles is 2. The normalized spacial score (nSPS) is 20.0. The largest absolute Gasteiger partial charge is 0.348 e. The minimum absolute atomic E-state index is 0.121. The van der Waals surface area contributed by atoms with Crippen LogP contribution in [0.1, 0.15) is 44.6 Å². The molecule has 27 heavy (non-hydrogen) atoms. The van der Waals surface area contributed by atoms with E-state index >= 15 is 0 Å². The number of fused-ring (bicyclic) bond motifs is 1. The SMILES string of the molecule is C[C@@H]1CCCC[C@H]1NC(=O)/C(C#N)=C/c1cn(CCC#N)c2ccccc12. The van der Waals surface area contributed by atoms with E-state index in [0.717, 1.165) is 35.7 Å². The van der Waals surface area contributed by atoms with Crippen molar-refractivity contribution < 1.29 is 4.79 Å². The molecule has 1 heterocycles. The van der Waals surface area contributed by atoms with Crippen LogP contribution in [0.2, 0.25) is 0 Å². The number of benzene rings is 1. The molecule has 2 atom stereocenters. The Morgan fingerprint density at radius 3 is 2.81 bits per heavy atom. The number of hydrogen-bond donors (Lipinski definition) is 1. The van der Waals surface area contributed by atoms with Crippen LogP contribution in [-0.2, 0) is 11.3 Å². The van der Waals surface area contributed by atoms with Crippen LogP contribution < -0.4 is 5.32 Å². The third-order valence-electron chi connectivity index (χ3n) is 5.38. The van der Waals surface area contributed by atoms with E-state index in [0.29, 0.717) is 18.9 Å². The van der Waals surface area contributed by atoms with Gasteiger partial charge in [0.15, 0.2) is 0 Å². The quantitative estimate of drug-likeness (QED) is 0.642. The Balaban J connectivity index is 1.88. The van der Waals surface area contributed by atoms with Gasteiger partial charge >= 0.3 is 0 Å². The topological polar surface area (TPSA) is 81.6 Å². The predicted molar refractivity (Wildman–Crippen MR) is 105 cm³/mol. The first-order valence-corrected chi connectivity index (χ1v) is 9.51. The van der Waals surface area contributed by atoms with Crippen molar-refractivity contribution in [1.29, 1.82) is 10.5 Å². The molecule has 5 nitrogen and oxygen atoms in total. The Hall–Kier alpha value is -3.05. The molecule has 0 aliphatic heterocycles. The first-order valence-electron chi connectivity index (χ1n) is 9.51. The third-order valence-corrected chi connectivity index (χ3v) is 5.38. The van der Waals surface area contributed by atoms with Crippen molar-refractivity contribution in [3.05, 3.63) is 41.6 Å². The molecule has 5 heteroatoms. The lowest BCUT2D eigenvalue weighted by atomic mass is 9.86. The van der Waals surface area contributed by atoms with Gasteiger partial charge in [0.25, 0.3) is 5.91 Å². The summed E-state index contributed by atoms with van der Waals surface area (Å²) in [5.41, 5.74) is 1.94. The van der Waals surface area contributed by atoms with Crippen LogP contribution >= 0.6 is 0 Å². The highest BCUT2D eigenvalue weighted by molar-refractivity contribution is 6.04. The number of carbonyl (C=O) groups excluding carboxylic acids is 1. The smallest absolute Gasteiger partial charge is 0.262 e. The van der Waals surface area contributed by atoms with Gasteiger partial charge in [-0.05, 0) is 30.9 Å². The number of carbonyl (C=O) groups is 1. The van der Waals surface area contributed by atoms with Crippen LogP contribution in [0.15, 0.2) is 36.0 Å². The maximum atomic E-state index is 12.7. The maximum Gasteiger partial charge on any atom is 0.262 e. The molecule has 0 unspecified atom stereocenters. The van der Waals surface area contributed by atoms with Crippen LogP contribution in [0.4, 0.5) is 0 Å². The average molecular weight is 360 g/mol. The van der Waals surface area contributed by atoms with E-state index in [-0.39, 0.29) is 17.5 Å². The third kappa shape index (κ3) is 4.20. The van der Waals surface area contributed by atoms with Gasteiger partial charge in [0.05, 0.1) is 12.5 Å². The van der Waals surface area contributed by atoms with Crippen molar-refractivity contribution in [3.63, 3.8) is 0 Å². The molecule has 1 N–H and O–H groups in total. The van der Waals surface area contributed by atoms with Gasteiger partial charge in [0, 0.05) is 35.2 Å². The fraction of sp³-hybridized carbons (Fsp3) is 0.409. The highest BCUT2D eigenvalue weighted by Crippen LogP contribution is 2.26. The number of aryl methyl sites for hydroxylation is 1. The number of amides is 1. The Kier molecular flexibility index (Phi) is 5.94. The van der Waals surface area contributed by atoms with E-state index in [1.807, 2.05) is 35.0 Å². The highest BCUT2D eigenvalue weighted by Gasteiger charge is 2.24. The molecule has 0 spiro atoms. The van der Waals surface area contributed by atoms with E-state index in [2.05, 4.69) is 24.4 Å². The Morgan fingerprint density at radius 1 is 1.30 bits per heavy atom. The molecular weight excluding hydrogens is 336 g/mol.